The van der Waals surface area contributed by atoms with E-state index in [1.54, 1.807) is 29.9 Å². The molecule has 166 valence electrons. The molecule has 0 spiro atoms. The molecule has 0 aliphatic heterocycles. The lowest BCUT2D eigenvalue weighted by atomic mass is 10.2. The van der Waals surface area contributed by atoms with Gasteiger partial charge in [0.05, 0.1) is 28.3 Å². The van der Waals surface area contributed by atoms with Gasteiger partial charge in [-0.2, -0.15) is 10.4 Å². The van der Waals surface area contributed by atoms with Crippen LogP contribution < -0.4 is 0 Å². The number of rotatable bonds is 7. The number of nitriles is 1. The molecule has 0 atom stereocenters. The molecule has 0 unspecified atom stereocenters. The van der Waals surface area contributed by atoms with Gasteiger partial charge >= 0.3 is 5.97 Å². The van der Waals surface area contributed by atoms with Gasteiger partial charge < -0.3 is 9.26 Å². The van der Waals surface area contributed by atoms with E-state index >= 15 is 0 Å². The topological polar surface area (TPSA) is 107 Å². The van der Waals surface area contributed by atoms with Gasteiger partial charge in [-0.15, -0.1) is 11.8 Å². The van der Waals surface area contributed by atoms with Gasteiger partial charge in [-0.3, -0.25) is 0 Å². The fourth-order valence-corrected chi connectivity index (χ4v) is 4.49. The summed E-state index contributed by atoms with van der Waals surface area (Å²) < 4.78 is 12.5. The first kappa shape index (κ1) is 22.3. The fourth-order valence-electron chi connectivity index (χ4n) is 3.36. The zero-order valence-corrected chi connectivity index (χ0v) is 19.2. The van der Waals surface area contributed by atoms with Gasteiger partial charge in [0, 0.05) is 17.5 Å². The molecule has 4 aromatic rings. The van der Waals surface area contributed by atoms with Crippen molar-refractivity contribution in [2.24, 2.45) is 0 Å². The Hall–Kier alpha value is -3.90. The highest BCUT2D eigenvalue weighted by atomic mass is 32.2. The molecule has 0 aliphatic rings. The van der Waals surface area contributed by atoms with Crippen molar-refractivity contribution in [3.05, 3.63) is 88.2 Å². The Kier molecular flexibility index (Phi) is 6.56. The van der Waals surface area contributed by atoms with Crippen LogP contribution in [0.2, 0.25) is 0 Å². The summed E-state index contributed by atoms with van der Waals surface area (Å²) in [5.41, 5.74) is 4.42. The molecule has 0 N–H and O–H groups in total. The SMILES string of the molecule is Cc1nn(-c2ccccc2)c(COC(=O)c2cccnc2SCc2c(C)noc2C)c1C#N. The van der Waals surface area contributed by atoms with E-state index in [2.05, 4.69) is 21.3 Å². The maximum Gasteiger partial charge on any atom is 0.341 e. The van der Waals surface area contributed by atoms with Crippen molar-refractivity contribution < 1.29 is 14.1 Å². The number of esters is 1. The van der Waals surface area contributed by atoms with Crippen LogP contribution in [0.25, 0.3) is 5.69 Å². The average Bonchev–Trinajstić information content (AvgIpc) is 3.34. The number of para-hydroxylation sites is 1. The maximum atomic E-state index is 13.0. The van der Waals surface area contributed by atoms with Crippen molar-refractivity contribution >= 4 is 17.7 Å². The monoisotopic (exact) mass is 459 g/mol. The van der Waals surface area contributed by atoms with Gasteiger partial charge in [0.15, 0.2) is 0 Å². The minimum atomic E-state index is -0.522. The van der Waals surface area contributed by atoms with Gasteiger partial charge in [0.2, 0.25) is 0 Å². The molecule has 4 rings (SSSR count). The highest BCUT2D eigenvalue weighted by Crippen LogP contribution is 2.28. The van der Waals surface area contributed by atoms with Crippen LogP contribution in [-0.2, 0) is 17.1 Å². The number of hydrogen-bond donors (Lipinski definition) is 0. The number of aryl methyl sites for hydroxylation is 3. The minimum absolute atomic E-state index is 0.0969. The van der Waals surface area contributed by atoms with Gasteiger partial charge in [-0.1, -0.05) is 23.4 Å². The molecular weight excluding hydrogens is 438 g/mol. The molecule has 3 heterocycles. The van der Waals surface area contributed by atoms with E-state index in [9.17, 15) is 10.1 Å². The molecule has 0 fully saturated rings. The molecule has 1 aromatic carbocycles. The van der Waals surface area contributed by atoms with E-state index in [0.717, 1.165) is 22.7 Å². The molecule has 9 heteroatoms. The molecule has 0 saturated heterocycles. The van der Waals surface area contributed by atoms with Crippen molar-refractivity contribution in [3.8, 4) is 11.8 Å². The van der Waals surface area contributed by atoms with E-state index in [1.807, 2.05) is 44.2 Å². The number of nitrogens with zero attached hydrogens (tertiary/aromatic N) is 5. The Bertz CT molecular complexity index is 1320. The summed E-state index contributed by atoms with van der Waals surface area (Å²) in [5, 5.41) is 18.6. The van der Waals surface area contributed by atoms with Crippen LogP contribution in [0.1, 0.15) is 44.3 Å². The van der Waals surface area contributed by atoms with Gasteiger partial charge in [-0.25, -0.2) is 14.5 Å². The molecule has 33 heavy (non-hydrogen) atoms. The van der Waals surface area contributed by atoms with Gasteiger partial charge in [-0.05, 0) is 45.0 Å². The summed E-state index contributed by atoms with van der Waals surface area (Å²) in [6.45, 7) is 5.40. The molecule has 0 bridgehead atoms. The lowest BCUT2D eigenvalue weighted by Gasteiger charge is -2.11. The highest BCUT2D eigenvalue weighted by Gasteiger charge is 2.21. The minimum Gasteiger partial charge on any atom is -0.455 e. The van der Waals surface area contributed by atoms with Crippen LogP contribution in [-0.4, -0.2) is 25.9 Å². The second kappa shape index (κ2) is 9.71. The summed E-state index contributed by atoms with van der Waals surface area (Å²) in [6, 6.07) is 15.0. The Morgan fingerprint density at radius 1 is 1.15 bits per heavy atom. The van der Waals surface area contributed by atoms with Crippen molar-refractivity contribution in [2.45, 2.75) is 38.2 Å². The average molecular weight is 460 g/mol. The molecule has 0 aliphatic carbocycles. The van der Waals surface area contributed by atoms with E-state index in [1.165, 1.54) is 11.8 Å². The summed E-state index contributed by atoms with van der Waals surface area (Å²) >= 11 is 1.41. The zero-order chi connectivity index (χ0) is 23.4. The molecular formula is C24H21N5O3S. The number of pyridine rings is 1. The molecule has 8 nitrogen and oxygen atoms in total. The van der Waals surface area contributed by atoms with Gasteiger partial charge in [0.25, 0.3) is 0 Å². The quantitative estimate of drug-likeness (QED) is 0.289. The lowest BCUT2D eigenvalue weighted by molar-refractivity contribution is 0.0459. The normalized spacial score (nSPS) is 10.7. The highest BCUT2D eigenvalue weighted by molar-refractivity contribution is 7.98. The summed E-state index contributed by atoms with van der Waals surface area (Å²) in [6.07, 6.45) is 1.63. The predicted molar refractivity (Wildman–Crippen MR) is 122 cm³/mol. The first-order valence-electron chi connectivity index (χ1n) is 10.2. The van der Waals surface area contributed by atoms with Crippen LogP contribution in [0.15, 0.2) is 58.2 Å². The van der Waals surface area contributed by atoms with Crippen molar-refractivity contribution in [3.63, 3.8) is 0 Å². The molecule has 3 aromatic heterocycles. The number of ether oxygens (including phenoxy) is 1. The second-order valence-electron chi connectivity index (χ2n) is 7.29. The number of thioether (sulfide) groups is 1. The number of carbonyl (C=O) groups excluding carboxylic acids is 1. The number of carbonyl (C=O) groups is 1. The maximum absolute atomic E-state index is 13.0. The largest absolute Gasteiger partial charge is 0.455 e. The smallest absolute Gasteiger partial charge is 0.341 e. The number of benzene rings is 1. The zero-order valence-electron chi connectivity index (χ0n) is 18.4. The first-order chi connectivity index (χ1) is 16.0. The van der Waals surface area contributed by atoms with Gasteiger partial charge in [0.1, 0.15) is 29.0 Å². The van der Waals surface area contributed by atoms with E-state index in [-0.39, 0.29) is 6.61 Å². The summed E-state index contributed by atoms with van der Waals surface area (Å²) in [7, 11) is 0. The standard InChI is InChI=1S/C24H21N5O3S/c1-15-20(12-25)22(29(27-15)18-8-5-4-6-9-18)13-31-24(30)19-10-7-11-26-23(19)33-14-21-16(2)28-32-17(21)3/h4-11H,13-14H2,1-3H3. The third-order valence-corrected chi connectivity index (χ3v) is 6.17. The van der Waals surface area contributed by atoms with E-state index in [4.69, 9.17) is 9.26 Å². The second-order valence-corrected chi connectivity index (χ2v) is 8.25. The number of hydrogen-bond acceptors (Lipinski definition) is 8. The summed E-state index contributed by atoms with van der Waals surface area (Å²) in [4.78, 5) is 17.3. The third-order valence-electron chi connectivity index (χ3n) is 5.13. The molecule has 0 amide bonds. The Morgan fingerprint density at radius 3 is 2.64 bits per heavy atom. The van der Waals surface area contributed by atoms with Crippen LogP contribution in [0.5, 0.6) is 0 Å². The van der Waals surface area contributed by atoms with E-state index in [0.29, 0.717) is 33.3 Å². The van der Waals surface area contributed by atoms with E-state index < -0.39 is 5.97 Å². The van der Waals surface area contributed by atoms with Crippen LogP contribution >= 0.6 is 11.8 Å². The first-order valence-corrected chi connectivity index (χ1v) is 11.2. The van der Waals surface area contributed by atoms with Crippen molar-refractivity contribution in [2.75, 3.05) is 0 Å². The lowest BCUT2D eigenvalue weighted by Crippen LogP contribution is -2.11. The Balaban J connectivity index is 1.54. The predicted octanol–water partition coefficient (Wildman–Crippen LogP) is 4.70. The van der Waals surface area contributed by atoms with Crippen molar-refractivity contribution in [1.82, 2.24) is 19.9 Å². The Labute approximate surface area is 195 Å². The summed E-state index contributed by atoms with van der Waals surface area (Å²) in [5.74, 6) is 0.789. The van der Waals surface area contributed by atoms with Crippen LogP contribution in [0.4, 0.5) is 0 Å². The molecule has 0 saturated carbocycles. The van der Waals surface area contributed by atoms with Crippen LogP contribution in [0.3, 0.4) is 0 Å². The van der Waals surface area contributed by atoms with Crippen LogP contribution in [0, 0.1) is 32.1 Å². The number of aromatic nitrogens is 4. The Morgan fingerprint density at radius 2 is 1.94 bits per heavy atom. The van der Waals surface area contributed by atoms with Crippen molar-refractivity contribution in [1.29, 1.82) is 5.26 Å². The fraction of sp³-hybridized carbons (Fsp3) is 0.208. The third kappa shape index (κ3) is 4.66. The molecule has 0 radical (unpaired) electrons.